The fourth-order valence-corrected chi connectivity index (χ4v) is 8.67. The van der Waals surface area contributed by atoms with Crippen molar-refractivity contribution in [2.24, 2.45) is 0 Å². The number of aromatic nitrogens is 4. The van der Waals surface area contributed by atoms with Crippen molar-refractivity contribution in [1.29, 1.82) is 0 Å². The molecule has 0 atom stereocenters. The second-order valence-corrected chi connectivity index (χ2v) is 15.5. The highest BCUT2D eigenvalue weighted by Gasteiger charge is 2.21. The number of para-hydroxylation sites is 2. The Bertz CT molecular complexity index is 3580. The van der Waals surface area contributed by atoms with Gasteiger partial charge in [0.1, 0.15) is 11.2 Å². The van der Waals surface area contributed by atoms with Crippen LogP contribution >= 0.6 is 0 Å². The fraction of sp³-hybridized carbons (Fsp3) is 0.0536. The third kappa shape index (κ3) is 6.30. The summed E-state index contributed by atoms with van der Waals surface area (Å²) in [4.78, 5) is 15.8. The topological polar surface area (TPSA) is 56.7 Å². The molecule has 0 fully saturated rings. The van der Waals surface area contributed by atoms with Crippen molar-refractivity contribution in [2.45, 2.75) is 20.3 Å². The summed E-state index contributed by atoms with van der Waals surface area (Å²) in [5, 5.41) is 9.13. The second kappa shape index (κ2) is 15.0. The standard InChI is InChI=1S/C53H32N4O.C3H8/c1-2-11-33(12-3-1)35-21-24-37(25-22-35)51-54-52(40-26-23-34-13-4-5-15-38(34)31-40)56-53(55-51)57-46-20-9-8-17-43(46)44-19-10-18-42(50(44)57)39-28-29-47-45(32-39)49-41-16-7-6-14-36(41)27-30-48(49)58-47;1-3-2/h1-32H;3H2,1-2H3. The minimum Gasteiger partial charge on any atom is -0.456 e. The van der Waals surface area contributed by atoms with E-state index in [9.17, 15) is 0 Å². The third-order valence-electron chi connectivity index (χ3n) is 11.4. The molecule has 0 aliphatic carbocycles. The highest BCUT2D eigenvalue weighted by molar-refractivity contribution is 6.20. The Kier molecular flexibility index (Phi) is 8.93. The molecule has 12 aromatic rings. The molecule has 12 rings (SSSR count). The van der Waals surface area contributed by atoms with Gasteiger partial charge in [-0.05, 0) is 68.6 Å². The van der Waals surface area contributed by atoms with Gasteiger partial charge in [0, 0.05) is 38.2 Å². The lowest BCUT2D eigenvalue weighted by Gasteiger charge is -2.13. The van der Waals surface area contributed by atoms with Crippen LogP contribution in [0.3, 0.4) is 0 Å². The zero-order valence-corrected chi connectivity index (χ0v) is 33.9. The lowest BCUT2D eigenvalue weighted by atomic mass is 9.98. The Morgan fingerprint density at radius 2 is 1.00 bits per heavy atom. The fourth-order valence-electron chi connectivity index (χ4n) is 8.67. The average Bonchev–Trinajstić information content (AvgIpc) is 3.88. The number of benzene rings is 9. The first-order valence-electron chi connectivity index (χ1n) is 20.9. The molecule has 0 aliphatic rings. The Morgan fingerprint density at radius 1 is 0.410 bits per heavy atom. The van der Waals surface area contributed by atoms with Gasteiger partial charge in [0.15, 0.2) is 11.6 Å². The van der Waals surface area contributed by atoms with Crippen molar-refractivity contribution >= 4 is 65.3 Å². The van der Waals surface area contributed by atoms with Crippen LogP contribution in [0.25, 0.3) is 116 Å². The largest absolute Gasteiger partial charge is 0.456 e. The molecule has 3 aromatic heterocycles. The maximum atomic E-state index is 6.42. The summed E-state index contributed by atoms with van der Waals surface area (Å²) in [6.07, 6.45) is 1.25. The Balaban J connectivity index is 0.00000136. The number of furan rings is 1. The van der Waals surface area contributed by atoms with Gasteiger partial charge in [-0.25, -0.2) is 4.98 Å². The Morgan fingerprint density at radius 3 is 1.82 bits per heavy atom. The van der Waals surface area contributed by atoms with Crippen molar-refractivity contribution in [3.8, 4) is 51.0 Å². The molecule has 0 bridgehead atoms. The first-order chi connectivity index (χ1) is 30.1. The van der Waals surface area contributed by atoms with Gasteiger partial charge in [0.05, 0.1) is 11.0 Å². The van der Waals surface area contributed by atoms with E-state index in [1.54, 1.807) is 0 Å². The third-order valence-corrected chi connectivity index (χ3v) is 11.4. The summed E-state index contributed by atoms with van der Waals surface area (Å²) >= 11 is 0. The van der Waals surface area contributed by atoms with Crippen LogP contribution in [0.5, 0.6) is 0 Å². The van der Waals surface area contributed by atoms with Crippen LogP contribution in [0, 0.1) is 0 Å². The summed E-state index contributed by atoms with van der Waals surface area (Å²) in [5.41, 5.74) is 10.1. The molecule has 0 saturated heterocycles. The number of fused-ring (bicyclic) bond motifs is 9. The normalized spacial score (nSPS) is 11.5. The molecule has 5 nitrogen and oxygen atoms in total. The van der Waals surface area contributed by atoms with Crippen LogP contribution < -0.4 is 0 Å². The first kappa shape index (κ1) is 36.2. The van der Waals surface area contributed by atoms with Crippen LogP contribution in [0.1, 0.15) is 20.3 Å². The van der Waals surface area contributed by atoms with Crippen molar-refractivity contribution in [1.82, 2.24) is 19.5 Å². The van der Waals surface area contributed by atoms with E-state index in [4.69, 9.17) is 19.4 Å². The Labute approximate surface area is 353 Å². The summed E-state index contributed by atoms with van der Waals surface area (Å²) in [5.74, 6) is 1.77. The molecule has 9 aromatic carbocycles. The molecular formula is C56H40N4O. The highest BCUT2D eigenvalue weighted by atomic mass is 16.3. The van der Waals surface area contributed by atoms with E-state index in [2.05, 4.69) is 206 Å². The SMILES string of the molecule is CCC.c1ccc(-c2ccc(-c3nc(-c4ccc5ccccc5c4)nc(-n4c5ccccc5c5cccc(-c6ccc7oc8ccc9ccccc9c8c7c6)c54)n3)cc2)cc1. The quantitative estimate of drug-likeness (QED) is 0.174. The Hall–Kier alpha value is -7.89. The van der Waals surface area contributed by atoms with Crippen LogP contribution in [-0.2, 0) is 0 Å². The lowest BCUT2D eigenvalue weighted by Crippen LogP contribution is -2.07. The maximum absolute atomic E-state index is 6.42. The van der Waals surface area contributed by atoms with E-state index in [1.807, 2.05) is 6.07 Å². The molecular weight excluding hydrogens is 745 g/mol. The van der Waals surface area contributed by atoms with Crippen molar-refractivity contribution in [3.05, 3.63) is 194 Å². The molecule has 0 unspecified atom stereocenters. The van der Waals surface area contributed by atoms with Gasteiger partial charge in [-0.2, -0.15) is 9.97 Å². The predicted octanol–water partition coefficient (Wildman–Crippen LogP) is 15.3. The van der Waals surface area contributed by atoms with Gasteiger partial charge < -0.3 is 4.42 Å². The van der Waals surface area contributed by atoms with E-state index in [1.165, 1.54) is 22.6 Å². The van der Waals surface area contributed by atoms with Crippen molar-refractivity contribution in [3.63, 3.8) is 0 Å². The molecule has 5 heteroatoms. The number of rotatable bonds is 5. The van der Waals surface area contributed by atoms with Gasteiger partial charge >= 0.3 is 0 Å². The van der Waals surface area contributed by atoms with Crippen LogP contribution in [0.15, 0.2) is 199 Å². The molecule has 0 spiro atoms. The van der Waals surface area contributed by atoms with E-state index in [-0.39, 0.29) is 0 Å². The molecule has 0 saturated carbocycles. The minimum absolute atomic E-state index is 0.555. The lowest BCUT2D eigenvalue weighted by molar-refractivity contribution is 0.669. The smallest absolute Gasteiger partial charge is 0.238 e. The monoisotopic (exact) mass is 784 g/mol. The molecule has 0 N–H and O–H groups in total. The van der Waals surface area contributed by atoms with Crippen LogP contribution in [-0.4, -0.2) is 19.5 Å². The number of nitrogens with zero attached hydrogens (tertiary/aromatic N) is 4. The minimum atomic E-state index is 0.555. The van der Waals surface area contributed by atoms with Gasteiger partial charge in [-0.15, -0.1) is 0 Å². The second-order valence-electron chi connectivity index (χ2n) is 15.5. The molecule has 0 radical (unpaired) electrons. The van der Waals surface area contributed by atoms with Crippen molar-refractivity contribution in [2.75, 3.05) is 0 Å². The van der Waals surface area contributed by atoms with Gasteiger partial charge in [0.25, 0.3) is 0 Å². The van der Waals surface area contributed by atoms with E-state index in [0.717, 1.165) is 82.5 Å². The molecule has 3 heterocycles. The molecule has 290 valence electrons. The molecule has 61 heavy (non-hydrogen) atoms. The summed E-state index contributed by atoms with van der Waals surface area (Å²) in [6, 6.07) is 68.1. The average molecular weight is 785 g/mol. The highest BCUT2D eigenvalue weighted by Crippen LogP contribution is 2.41. The van der Waals surface area contributed by atoms with E-state index >= 15 is 0 Å². The van der Waals surface area contributed by atoms with E-state index in [0.29, 0.717) is 17.6 Å². The van der Waals surface area contributed by atoms with Crippen LogP contribution in [0.4, 0.5) is 0 Å². The summed E-state index contributed by atoms with van der Waals surface area (Å²) in [7, 11) is 0. The number of hydrogen-bond acceptors (Lipinski definition) is 4. The van der Waals surface area contributed by atoms with Crippen LogP contribution in [0.2, 0.25) is 0 Å². The van der Waals surface area contributed by atoms with Gasteiger partial charge in [0.2, 0.25) is 5.95 Å². The molecule has 0 aliphatic heterocycles. The maximum Gasteiger partial charge on any atom is 0.238 e. The zero-order valence-electron chi connectivity index (χ0n) is 33.9. The van der Waals surface area contributed by atoms with Gasteiger partial charge in [-0.3, -0.25) is 4.57 Å². The van der Waals surface area contributed by atoms with Crippen molar-refractivity contribution < 1.29 is 4.42 Å². The zero-order chi connectivity index (χ0) is 40.9. The van der Waals surface area contributed by atoms with Gasteiger partial charge in [-0.1, -0.05) is 184 Å². The number of hydrogen-bond donors (Lipinski definition) is 0. The first-order valence-corrected chi connectivity index (χ1v) is 20.9. The van der Waals surface area contributed by atoms with E-state index < -0.39 is 0 Å². The predicted molar refractivity (Wildman–Crippen MR) is 254 cm³/mol. The molecule has 0 amide bonds. The summed E-state index contributed by atoms with van der Waals surface area (Å²) in [6.45, 7) is 4.25. The summed E-state index contributed by atoms with van der Waals surface area (Å²) < 4.78 is 8.64.